The van der Waals surface area contributed by atoms with Crippen LogP contribution in [0.25, 0.3) is 0 Å². The summed E-state index contributed by atoms with van der Waals surface area (Å²) in [6.45, 7) is 0.415. The van der Waals surface area contributed by atoms with Crippen molar-refractivity contribution in [3.63, 3.8) is 0 Å². The maximum atomic E-state index is 14.5. The van der Waals surface area contributed by atoms with Gasteiger partial charge in [0.05, 0.1) is 17.5 Å². The Hall–Kier alpha value is -3.03. The molecule has 13 heteroatoms. The largest absolute Gasteiger partial charge is 0.432 e. The van der Waals surface area contributed by atoms with E-state index < -0.39 is 57.8 Å². The van der Waals surface area contributed by atoms with Crippen molar-refractivity contribution in [1.29, 1.82) is 0 Å². The fourth-order valence-electron chi connectivity index (χ4n) is 3.62. The second kappa shape index (κ2) is 13.2. The van der Waals surface area contributed by atoms with E-state index >= 15 is 0 Å². The molecule has 0 spiro atoms. The van der Waals surface area contributed by atoms with Crippen LogP contribution < -0.4 is 20.7 Å². The van der Waals surface area contributed by atoms with Crippen molar-refractivity contribution in [3.05, 3.63) is 60.2 Å². The van der Waals surface area contributed by atoms with E-state index in [1.807, 2.05) is 0 Å². The van der Waals surface area contributed by atoms with Gasteiger partial charge in [-0.2, -0.15) is 8.78 Å². The number of carbonyl (C=O) groups excluding carboxylic acids is 2. The lowest BCUT2D eigenvalue weighted by Gasteiger charge is -2.25. The predicted octanol–water partition coefficient (Wildman–Crippen LogP) is 1.98. The zero-order valence-electron chi connectivity index (χ0n) is 20.8. The van der Waals surface area contributed by atoms with Gasteiger partial charge in [-0.1, -0.05) is 13.0 Å². The second-order valence-electron chi connectivity index (χ2n) is 9.17. The van der Waals surface area contributed by atoms with Gasteiger partial charge in [0.25, 0.3) is 5.91 Å². The standard InChI is InChI=1S/C25H31F3N4O5S/c1-2-22(23(33)24(34)32-19-7-8-19)30-13-20(15-38(35,36)14-17-4-3-11-29-12-17)31-16-25(27,28)37-21-9-5-18(26)6-10-21/h3-6,9-12,19-20,22,30-31H,2,7-8,13-16H2,1H3,(H,32,34)/t20-,22+/m1/s1. The molecule has 2 aromatic rings. The molecule has 1 aromatic heterocycles. The van der Waals surface area contributed by atoms with Gasteiger partial charge in [-0.05, 0) is 55.2 Å². The normalized spacial score (nSPS) is 15.5. The average Bonchev–Trinajstić information content (AvgIpc) is 3.68. The van der Waals surface area contributed by atoms with Gasteiger partial charge >= 0.3 is 6.11 Å². The zero-order valence-corrected chi connectivity index (χ0v) is 21.6. The third-order valence-corrected chi connectivity index (χ3v) is 7.40. The first kappa shape index (κ1) is 29.5. The first-order valence-electron chi connectivity index (χ1n) is 12.2. The topological polar surface area (TPSA) is 126 Å². The second-order valence-corrected chi connectivity index (χ2v) is 11.3. The number of benzene rings is 1. The lowest BCUT2D eigenvalue weighted by atomic mass is 10.1. The molecule has 1 fully saturated rings. The summed E-state index contributed by atoms with van der Waals surface area (Å²) < 4.78 is 72.5. The van der Waals surface area contributed by atoms with Crippen molar-refractivity contribution in [3.8, 4) is 5.75 Å². The van der Waals surface area contributed by atoms with E-state index in [0.29, 0.717) is 5.56 Å². The summed E-state index contributed by atoms with van der Waals surface area (Å²) in [4.78, 5) is 28.6. The molecular formula is C25H31F3N4O5S. The van der Waals surface area contributed by atoms with Gasteiger partial charge in [0.2, 0.25) is 5.78 Å². The number of hydrogen-bond donors (Lipinski definition) is 3. The molecule has 1 heterocycles. The quantitative estimate of drug-likeness (QED) is 0.268. The smallest absolute Gasteiger partial charge is 0.410 e. The first-order chi connectivity index (χ1) is 18.0. The molecule has 1 saturated carbocycles. The Balaban J connectivity index is 1.66. The van der Waals surface area contributed by atoms with Crippen molar-refractivity contribution in [1.82, 2.24) is 20.9 Å². The Bertz CT molecular complexity index is 1180. The highest BCUT2D eigenvalue weighted by molar-refractivity contribution is 7.90. The number of halogens is 3. The third kappa shape index (κ3) is 10.0. The maximum absolute atomic E-state index is 14.5. The molecule has 0 aliphatic heterocycles. The van der Waals surface area contributed by atoms with Crippen LogP contribution >= 0.6 is 0 Å². The van der Waals surface area contributed by atoms with E-state index in [9.17, 15) is 31.2 Å². The number of carbonyl (C=O) groups is 2. The number of nitrogens with zero attached hydrogens (tertiary/aromatic N) is 1. The Labute approximate surface area is 219 Å². The Morgan fingerprint density at radius 2 is 1.87 bits per heavy atom. The third-order valence-electron chi connectivity index (χ3n) is 5.71. The van der Waals surface area contributed by atoms with Gasteiger partial charge in [0, 0.05) is 31.0 Å². The minimum atomic E-state index is -3.80. The van der Waals surface area contributed by atoms with E-state index in [4.69, 9.17) is 0 Å². The fraction of sp³-hybridized carbons (Fsp3) is 0.480. The number of Topliss-reactive ketones (excluding diaryl/α,β-unsaturated/α-hetero) is 1. The van der Waals surface area contributed by atoms with Crippen molar-refractivity contribution in [2.75, 3.05) is 18.8 Å². The summed E-state index contributed by atoms with van der Waals surface area (Å²) >= 11 is 0. The number of alkyl halides is 2. The monoisotopic (exact) mass is 556 g/mol. The van der Waals surface area contributed by atoms with Crippen LogP contribution in [-0.4, -0.2) is 68.2 Å². The molecule has 3 rings (SSSR count). The summed E-state index contributed by atoms with van der Waals surface area (Å²) in [6.07, 6.45) is 0.974. The Morgan fingerprint density at radius 3 is 2.47 bits per heavy atom. The molecule has 0 saturated heterocycles. The first-order valence-corrected chi connectivity index (χ1v) is 14.0. The number of sulfone groups is 1. The lowest BCUT2D eigenvalue weighted by Crippen LogP contribution is -2.53. The number of ether oxygens (including phenoxy) is 1. The minimum Gasteiger partial charge on any atom is -0.432 e. The number of amides is 1. The van der Waals surface area contributed by atoms with Crippen LogP contribution in [0.15, 0.2) is 48.8 Å². The van der Waals surface area contributed by atoms with Crippen LogP contribution in [-0.2, 0) is 25.2 Å². The molecule has 3 N–H and O–H groups in total. The molecule has 0 bridgehead atoms. The van der Waals surface area contributed by atoms with Crippen LogP contribution in [0.3, 0.4) is 0 Å². The van der Waals surface area contributed by atoms with Crippen LogP contribution in [0.2, 0.25) is 0 Å². The van der Waals surface area contributed by atoms with Gasteiger partial charge in [0.15, 0.2) is 9.84 Å². The summed E-state index contributed by atoms with van der Waals surface area (Å²) in [5, 5.41) is 7.96. The summed E-state index contributed by atoms with van der Waals surface area (Å²) in [7, 11) is -3.80. The maximum Gasteiger partial charge on any atom is 0.410 e. The highest BCUT2D eigenvalue weighted by atomic mass is 32.2. The molecule has 1 amide bonds. The van der Waals surface area contributed by atoms with E-state index in [-0.39, 0.29) is 30.5 Å². The fourth-order valence-corrected chi connectivity index (χ4v) is 5.26. The van der Waals surface area contributed by atoms with Crippen molar-refractivity contribution < 1.29 is 35.9 Å². The van der Waals surface area contributed by atoms with Crippen LogP contribution in [0.1, 0.15) is 31.7 Å². The molecule has 1 aliphatic rings. The predicted molar refractivity (Wildman–Crippen MR) is 134 cm³/mol. The zero-order chi connectivity index (χ0) is 27.8. The summed E-state index contributed by atoms with van der Waals surface area (Å²) in [6, 6.07) is 5.20. The van der Waals surface area contributed by atoms with E-state index in [1.165, 1.54) is 12.4 Å². The lowest BCUT2D eigenvalue weighted by molar-refractivity contribution is -0.172. The van der Waals surface area contributed by atoms with Gasteiger partial charge < -0.3 is 20.7 Å². The van der Waals surface area contributed by atoms with Gasteiger partial charge in [-0.15, -0.1) is 0 Å². The molecule has 38 heavy (non-hydrogen) atoms. The van der Waals surface area contributed by atoms with Crippen molar-refractivity contribution >= 4 is 21.5 Å². The van der Waals surface area contributed by atoms with Crippen LogP contribution in [0, 0.1) is 5.82 Å². The molecule has 0 radical (unpaired) electrons. The van der Waals surface area contributed by atoms with Gasteiger partial charge in [-0.3, -0.25) is 14.6 Å². The number of hydrogen-bond acceptors (Lipinski definition) is 8. The molecule has 9 nitrogen and oxygen atoms in total. The summed E-state index contributed by atoms with van der Waals surface area (Å²) in [5.41, 5.74) is 0.433. The Kier molecular flexibility index (Phi) is 10.2. The van der Waals surface area contributed by atoms with Crippen molar-refractivity contribution in [2.45, 2.75) is 56.2 Å². The van der Waals surface area contributed by atoms with Crippen LogP contribution in [0.5, 0.6) is 5.75 Å². The summed E-state index contributed by atoms with van der Waals surface area (Å²) in [5.74, 6) is -3.23. The highest BCUT2D eigenvalue weighted by Crippen LogP contribution is 2.22. The SMILES string of the molecule is CC[C@H](NC[C@H](CS(=O)(=O)Cc1cccnc1)NCC(F)(F)Oc1ccc(F)cc1)C(=O)C(=O)NC1CC1. The van der Waals surface area contributed by atoms with Gasteiger partial charge in [0.1, 0.15) is 18.1 Å². The number of pyridine rings is 1. The highest BCUT2D eigenvalue weighted by Gasteiger charge is 2.34. The molecule has 1 aliphatic carbocycles. The average molecular weight is 557 g/mol. The molecule has 1 aromatic carbocycles. The van der Waals surface area contributed by atoms with E-state index in [1.54, 1.807) is 19.1 Å². The molecule has 2 atom stereocenters. The van der Waals surface area contributed by atoms with Crippen LogP contribution in [0.4, 0.5) is 13.2 Å². The van der Waals surface area contributed by atoms with E-state index in [2.05, 4.69) is 25.7 Å². The number of ketones is 1. The van der Waals surface area contributed by atoms with E-state index in [0.717, 1.165) is 37.1 Å². The number of nitrogens with one attached hydrogen (secondary N) is 3. The number of rotatable bonds is 16. The van der Waals surface area contributed by atoms with Crippen molar-refractivity contribution in [2.24, 2.45) is 0 Å². The molecule has 208 valence electrons. The van der Waals surface area contributed by atoms with Gasteiger partial charge in [-0.25, -0.2) is 12.8 Å². The molecular weight excluding hydrogens is 525 g/mol. The number of aromatic nitrogens is 1. The Morgan fingerprint density at radius 1 is 1.16 bits per heavy atom. The molecule has 0 unspecified atom stereocenters. The minimum absolute atomic E-state index is 0.0145.